The van der Waals surface area contributed by atoms with Crippen molar-refractivity contribution in [2.75, 3.05) is 58.9 Å². The Bertz CT molecular complexity index is 1300. The Balaban J connectivity index is 0. The topological polar surface area (TPSA) is 178 Å². The van der Waals surface area contributed by atoms with Crippen molar-refractivity contribution >= 4 is 46.8 Å². The van der Waals surface area contributed by atoms with Gasteiger partial charge in [-0.05, 0) is 92.1 Å². The lowest BCUT2D eigenvalue weighted by Crippen LogP contribution is -2.56. The number of carbonyl (C=O) groups excluding carboxylic acids is 5. The maximum Gasteiger partial charge on any atom is 0.490 e. The van der Waals surface area contributed by atoms with Gasteiger partial charge in [-0.15, -0.1) is 0 Å². The second-order valence-corrected chi connectivity index (χ2v) is 14.8. The second kappa shape index (κ2) is 25.1. The predicted molar refractivity (Wildman–Crippen MR) is 203 cm³/mol. The second-order valence-electron chi connectivity index (χ2n) is 14.4. The molecule has 0 saturated carbocycles. The van der Waals surface area contributed by atoms with Crippen LogP contribution < -0.4 is 10.6 Å². The number of hydrogen-bond donors (Lipinski definition) is 3. The minimum atomic E-state index is -5.08. The average molecular weight is 813 g/mol. The van der Waals surface area contributed by atoms with Crippen molar-refractivity contribution in [1.82, 2.24) is 30.2 Å². The minimum Gasteiger partial charge on any atom is -0.475 e. The summed E-state index contributed by atoms with van der Waals surface area (Å²) in [6.07, 6.45) is -1.89. The lowest BCUT2D eigenvalue weighted by atomic mass is 10.2. The van der Waals surface area contributed by atoms with Crippen LogP contribution in [-0.4, -0.2) is 154 Å². The molecule has 3 N–H and O–H groups in total. The highest BCUT2D eigenvalue weighted by Crippen LogP contribution is 2.16. The number of aliphatic carboxylic acids is 1. The highest BCUT2D eigenvalue weighted by Gasteiger charge is 2.38. The van der Waals surface area contributed by atoms with Gasteiger partial charge in [0, 0.05) is 77.0 Å². The van der Waals surface area contributed by atoms with Crippen LogP contribution in [0, 0.1) is 0 Å². The Labute approximate surface area is 327 Å². The summed E-state index contributed by atoms with van der Waals surface area (Å²) >= 11 is 4.71. The summed E-state index contributed by atoms with van der Waals surface area (Å²) in [6, 6.07) is 0.587. The van der Waals surface area contributed by atoms with E-state index in [1.54, 1.807) is 14.7 Å². The smallest absolute Gasteiger partial charge is 0.475 e. The van der Waals surface area contributed by atoms with Crippen molar-refractivity contribution in [3.05, 3.63) is 38.0 Å². The summed E-state index contributed by atoms with van der Waals surface area (Å²) < 4.78 is 42.4. The van der Waals surface area contributed by atoms with E-state index in [1.807, 2.05) is 60.3 Å². The van der Waals surface area contributed by atoms with Gasteiger partial charge in [0.25, 0.3) is 0 Å². The molecule has 0 aromatic rings. The SMILES string of the molecule is C=CC(=O)Cl.C=CC(=O)N1CCN(C(=O)OC(C)(C)C)[C@@H](C)C1.C=CC(=O)N1CCN[C@@H](C)C1.C[C@H]1CNCCN1C(=O)OC(C)(C)C.O=C(O)C(F)(F)F. The van der Waals surface area contributed by atoms with Crippen molar-refractivity contribution < 1.29 is 56.5 Å². The molecule has 0 aromatic heterocycles. The lowest BCUT2D eigenvalue weighted by Gasteiger charge is -2.39. The first-order valence-corrected chi connectivity index (χ1v) is 17.9. The van der Waals surface area contributed by atoms with Gasteiger partial charge >= 0.3 is 24.3 Å². The molecule has 0 spiro atoms. The van der Waals surface area contributed by atoms with Gasteiger partial charge < -0.3 is 44.8 Å². The molecule has 0 aliphatic carbocycles. The fourth-order valence-electron chi connectivity index (χ4n) is 4.57. The Morgan fingerprint density at radius 2 is 1.13 bits per heavy atom. The maximum atomic E-state index is 12.0. The quantitative estimate of drug-likeness (QED) is 0.272. The summed E-state index contributed by atoms with van der Waals surface area (Å²) in [7, 11) is 0. The standard InChI is InChI=1S/C13H22N2O3.C10H20N2O2.C8H14N2O.C3H3ClO.C2HF3O2/c1-6-11(16)14-7-8-15(10(2)9-14)12(17)18-13(3,4)5;1-8-7-11-5-6-12(8)9(13)14-10(2,3)4;1-3-8(11)10-5-4-9-7(2)6-10;1-2-3(4)5;3-2(4,5)1(6)7/h6,10H,1,7-9H2,2-5H3;8,11H,5-7H2,1-4H3;3,7,9H,1,4-6H2,2H3;2H,1H2;(H,6,7)/t10-;8-;7-;;/m000../s1. The van der Waals surface area contributed by atoms with Crippen LogP contribution in [0.5, 0.6) is 0 Å². The molecule has 3 atom stereocenters. The van der Waals surface area contributed by atoms with Crippen LogP contribution in [0.3, 0.4) is 0 Å². The number of piperazine rings is 3. The zero-order valence-corrected chi connectivity index (χ0v) is 34.2. The van der Waals surface area contributed by atoms with Gasteiger partial charge in [0.1, 0.15) is 11.2 Å². The van der Waals surface area contributed by atoms with Crippen LogP contribution >= 0.6 is 11.6 Å². The van der Waals surface area contributed by atoms with Gasteiger partial charge in [-0.2, -0.15) is 13.2 Å². The highest BCUT2D eigenvalue weighted by molar-refractivity contribution is 6.66. The van der Waals surface area contributed by atoms with Crippen LogP contribution in [0.4, 0.5) is 22.8 Å². The molecule has 3 heterocycles. The van der Waals surface area contributed by atoms with E-state index >= 15 is 0 Å². The van der Waals surface area contributed by atoms with Crippen molar-refractivity contribution in [2.45, 2.75) is 97.8 Å². The zero-order chi connectivity index (χ0) is 43.3. The summed E-state index contributed by atoms with van der Waals surface area (Å²) in [5.41, 5.74) is -0.896. The van der Waals surface area contributed by atoms with Crippen molar-refractivity contribution in [3.8, 4) is 0 Å². The van der Waals surface area contributed by atoms with E-state index in [9.17, 15) is 37.1 Å². The third kappa shape index (κ3) is 24.8. The third-order valence-electron chi connectivity index (χ3n) is 7.13. The number of alkyl halides is 3. The number of ether oxygens (including phenoxy) is 2. The van der Waals surface area contributed by atoms with E-state index in [1.165, 1.54) is 12.2 Å². The van der Waals surface area contributed by atoms with Crippen LogP contribution in [0.25, 0.3) is 0 Å². The van der Waals surface area contributed by atoms with Gasteiger partial charge in [0.15, 0.2) is 0 Å². The van der Waals surface area contributed by atoms with Gasteiger partial charge in [-0.3, -0.25) is 14.4 Å². The van der Waals surface area contributed by atoms with E-state index in [-0.39, 0.29) is 36.1 Å². The number of amides is 4. The van der Waals surface area contributed by atoms with E-state index < -0.39 is 28.6 Å². The van der Waals surface area contributed by atoms with Crippen LogP contribution in [0.2, 0.25) is 0 Å². The minimum absolute atomic E-state index is 0.0401. The molecule has 3 fully saturated rings. The van der Waals surface area contributed by atoms with E-state index in [4.69, 9.17) is 31.0 Å². The maximum absolute atomic E-state index is 12.0. The highest BCUT2D eigenvalue weighted by atomic mass is 35.5. The largest absolute Gasteiger partial charge is 0.490 e. The molecule has 3 saturated heterocycles. The number of carboxylic acid groups (broad SMARTS) is 1. The van der Waals surface area contributed by atoms with Gasteiger partial charge in [0.2, 0.25) is 17.1 Å². The molecule has 3 aliphatic rings. The molecule has 4 amide bonds. The number of hydrogen-bond acceptors (Lipinski definition) is 10. The molecular formula is C36H60ClF3N6O9. The normalized spacial score (nSPS) is 19.7. The number of nitrogens with zero attached hydrogens (tertiary/aromatic N) is 4. The van der Waals surface area contributed by atoms with Crippen molar-refractivity contribution in [3.63, 3.8) is 0 Å². The number of carbonyl (C=O) groups is 6. The third-order valence-corrected chi connectivity index (χ3v) is 7.28. The molecule has 0 aromatic carbocycles. The molecule has 316 valence electrons. The van der Waals surface area contributed by atoms with Gasteiger partial charge in [0.05, 0.1) is 0 Å². The number of allylic oxidation sites excluding steroid dienone is 1. The molecular weight excluding hydrogens is 753 g/mol. The number of nitrogens with one attached hydrogen (secondary N) is 2. The Morgan fingerprint density at radius 1 is 0.709 bits per heavy atom. The van der Waals surface area contributed by atoms with Gasteiger partial charge in [-0.1, -0.05) is 19.7 Å². The lowest BCUT2D eigenvalue weighted by molar-refractivity contribution is -0.192. The zero-order valence-electron chi connectivity index (χ0n) is 33.5. The summed E-state index contributed by atoms with van der Waals surface area (Å²) in [5, 5.41) is 13.1. The first-order chi connectivity index (χ1) is 25.1. The van der Waals surface area contributed by atoms with E-state index in [0.717, 1.165) is 45.3 Å². The van der Waals surface area contributed by atoms with E-state index in [0.29, 0.717) is 25.7 Å². The van der Waals surface area contributed by atoms with Crippen LogP contribution in [0.1, 0.15) is 62.3 Å². The van der Waals surface area contributed by atoms with Gasteiger partial charge in [-0.25, -0.2) is 14.4 Å². The molecule has 0 unspecified atom stereocenters. The Morgan fingerprint density at radius 3 is 1.45 bits per heavy atom. The number of rotatable bonds is 3. The number of carboxylic acids is 1. The molecule has 19 heteroatoms. The van der Waals surface area contributed by atoms with Crippen molar-refractivity contribution in [1.29, 1.82) is 0 Å². The van der Waals surface area contributed by atoms with E-state index in [2.05, 4.69) is 37.3 Å². The molecule has 3 rings (SSSR count). The summed E-state index contributed by atoms with van der Waals surface area (Å²) in [4.78, 5) is 71.5. The monoisotopic (exact) mass is 812 g/mol. The Kier molecular flexibility index (Phi) is 24.1. The first-order valence-electron chi connectivity index (χ1n) is 17.5. The predicted octanol–water partition coefficient (Wildman–Crippen LogP) is 4.42. The first kappa shape index (κ1) is 52.9. The molecule has 3 aliphatic heterocycles. The fraction of sp³-hybridized carbons (Fsp3) is 0.667. The fourth-order valence-corrected chi connectivity index (χ4v) is 4.57. The van der Waals surface area contributed by atoms with Crippen LogP contribution in [0.15, 0.2) is 38.0 Å². The average Bonchev–Trinajstić information content (AvgIpc) is 3.06. The summed E-state index contributed by atoms with van der Waals surface area (Å²) in [5.74, 6) is -2.81. The summed E-state index contributed by atoms with van der Waals surface area (Å²) in [6.45, 7) is 33.6. The Hall–Kier alpha value is -4.16. The molecule has 0 radical (unpaired) electrons. The molecule has 15 nitrogen and oxygen atoms in total. The molecule has 0 bridgehead atoms. The van der Waals surface area contributed by atoms with Crippen molar-refractivity contribution in [2.24, 2.45) is 0 Å². The number of halogens is 4. The molecule has 55 heavy (non-hydrogen) atoms. The van der Waals surface area contributed by atoms with Crippen LogP contribution in [-0.2, 0) is 28.7 Å².